The first kappa shape index (κ1) is 65.2. The Kier molecular flexibility index (Phi) is 14.9. The van der Waals surface area contributed by atoms with Crippen molar-refractivity contribution in [3.05, 3.63) is 469 Å². The van der Waals surface area contributed by atoms with E-state index in [1.54, 1.807) is 0 Å². The maximum Gasteiger partial charge on any atom is 0.0725 e. The first-order valence-electron chi connectivity index (χ1n) is 39.6. The standard InChI is InChI=1S/2C56H35N/c1-2-14-36(15-3-1)37-26-28-38(29-27-37)54-45-19-4-6-21-47(45)55(48-22-7-5-20-46(48)54)40-31-33-53(57-35-40)39-30-32-44-43-18-10-13-25-51(43)56(52(44)34-39)49-23-11-8-16-41(49)42-17-9-12-24-50(42)56;1-2-14-36(15-3-1)37-26-28-38(29-27-37)54-44-19-4-6-21-46(44)55(47-22-7-5-20-45(47)54)40-31-33-53(57-35-40)39-30-32-52-48(34-39)43-18-10-13-25-51(43)56(52)49-23-11-8-16-41(49)42-17-9-12-24-50(42)56/h2*1-35H. The molecule has 2 heteroatoms. The Balaban J connectivity index is 0.000000135. The van der Waals surface area contributed by atoms with Gasteiger partial charge in [0.1, 0.15) is 0 Å². The summed E-state index contributed by atoms with van der Waals surface area (Å²) in [5.41, 5.74) is 39.2. The van der Waals surface area contributed by atoms with Gasteiger partial charge in [0.25, 0.3) is 0 Å². The lowest BCUT2D eigenvalue weighted by Crippen LogP contribution is -2.25. The molecule has 18 aromatic carbocycles. The summed E-state index contributed by atoms with van der Waals surface area (Å²) < 4.78 is 0. The summed E-state index contributed by atoms with van der Waals surface area (Å²) in [6.07, 6.45) is 4.15. The molecule has 114 heavy (non-hydrogen) atoms. The van der Waals surface area contributed by atoms with Gasteiger partial charge in [-0.1, -0.05) is 388 Å². The Labute approximate surface area is 662 Å². The normalized spacial score (nSPS) is 13.1. The fourth-order valence-electron chi connectivity index (χ4n) is 20.4. The Morgan fingerprint density at radius 1 is 0.140 bits per heavy atom. The molecule has 2 aromatic heterocycles. The molecule has 2 nitrogen and oxygen atoms in total. The highest BCUT2D eigenvalue weighted by Gasteiger charge is 2.53. The second-order valence-electron chi connectivity index (χ2n) is 30.7. The molecule has 2 spiro atoms. The topological polar surface area (TPSA) is 25.8 Å². The van der Waals surface area contributed by atoms with Gasteiger partial charge in [0.15, 0.2) is 0 Å². The first-order valence-corrected chi connectivity index (χ1v) is 39.6. The number of hydrogen-bond donors (Lipinski definition) is 0. The van der Waals surface area contributed by atoms with Gasteiger partial charge in [-0.2, -0.15) is 0 Å². The van der Waals surface area contributed by atoms with Crippen LogP contribution in [0.25, 0.3) is 177 Å². The molecule has 0 atom stereocenters. The molecule has 20 aromatic rings. The summed E-state index contributed by atoms with van der Waals surface area (Å²) in [6.45, 7) is 0. The molecule has 0 radical (unpaired) electrons. The van der Waals surface area contributed by atoms with Crippen LogP contribution >= 0.6 is 0 Å². The van der Waals surface area contributed by atoms with Gasteiger partial charge in [-0.15, -0.1) is 0 Å². The van der Waals surface area contributed by atoms with E-state index in [4.69, 9.17) is 9.97 Å². The van der Waals surface area contributed by atoms with Crippen molar-refractivity contribution in [2.24, 2.45) is 0 Å². The van der Waals surface area contributed by atoms with Crippen molar-refractivity contribution < 1.29 is 0 Å². The third-order valence-electron chi connectivity index (χ3n) is 25.1. The van der Waals surface area contributed by atoms with E-state index in [9.17, 15) is 0 Å². The molecular weight excluding hydrogens is 1370 g/mol. The summed E-state index contributed by atoms with van der Waals surface area (Å²) in [6, 6.07) is 151. The second kappa shape index (κ2) is 26.0. The van der Waals surface area contributed by atoms with Gasteiger partial charge in [0.2, 0.25) is 0 Å². The van der Waals surface area contributed by atoms with E-state index in [1.165, 1.54) is 188 Å². The first-order chi connectivity index (χ1) is 56.6. The number of pyridine rings is 2. The van der Waals surface area contributed by atoms with Gasteiger partial charge in [-0.25, -0.2) is 0 Å². The van der Waals surface area contributed by atoms with Gasteiger partial charge in [-0.3, -0.25) is 9.97 Å². The Morgan fingerprint density at radius 3 is 0.702 bits per heavy atom. The summed E-state index contributed by atoms with van der Waals surface area (Å²) in [5.74, 6) is 0. The van der Waals surface area contributed by atoms with Crippen LogP contribution in [0, 0.1) is 0 Å². The van der Waals surface area contributed by atoms with Crippen molar-refractivity contribution in [1.29, 1.82) is 0 Å². The van der Waals surface area contributed by atoms with Crippen LogP contribution in [0.5, 0.6) is 0 Å². The zero-order valence-electron chi connectivity index (χ0n) is 62.3. The largest absolute Gasteiger partial charge is 0.256 e. The molecule has 0 amide bonds. The molecule has 4 aliphatic carbocycles. The van der Waals surface area contributed by atoms with Crippen molar-refractivity contribution in [2.45, 2.75) is 10.8 Å². The van der Waals surface area contributed by atoms with E-state index in [0.717, 1.165) is 33.6 Å². The minimum Gasteiger partial charge on any atom is -0.256 e. The predicted molar refractivity (Wildman–Crippen MR) is 475 cm³/mol. The minimum atomic E-state index is -0.378. The van der Waals surface area contributed by atoms with Crippen LogP contribution in [0.3, 0.4) is 0 Å². The highest BCUT2D eigenvalue weighted by Crippen LogP contribution is 2.65. The van der Waals surface area contributed by atoms with Crippen molar-refractivity contribution in [3.8, 4) is 134 Å². The number of aromatic nitrogens is 2. The number of nitrogens with zero attached hydrogens (tertiary/aromatic N) is 2. The molecule has 24 rings (SSSR count). The molecule has 528 valence electrons. The van der Waals surface area contributed by atoms with Gasteiger partial charge >= 0.3 is 0 Å². The molecule has 0 bridgehead atoms. The fourth-order valence-corrected chi connectivity index (χ4v) is 20.4. The molecule has 0 saturated carbocycles. The average molecular weight is 1440 g/mol. The second-order valence-corrected chi connectivity index (χ2v) is 30.7. The van der Waals surface area contributed by atoms with Crippen LogP contribution < -0.4 is 0 Å². The highest BCUT2D eigenvalue weighted by molar-refractivity contribution is 6.23. The van der Waals surface area contributed by atoms with Gasteiger partial charge < -0.3 is 0 Å². The average Bonchev–Trinajstić information content (AvgIpc) is 1.51. The lowest BCUT2D eigenvalue weighted by Gasteiger charge is -2.30. The van der Waals surface area contributed by atoms with Gasteiger partial charge in [-0.05, 0) is 212 Å². The predicted octanol–water partition coefficient (Wildman–Crippen LogP) is 28.8. The number of hydrogen-bond acceptors (Lipinski definition) is 2. The summed E-state index contributed by atoms with van der Waals surface area (Å²) in [7, 11) is 0. The molecular formula is C112H70N2. The van der Waals surface area contributed by atoms with E-state index in [0.29, 0.717) is 0 Å². The lowest BCUT2D eigenvalue weighted by molar-refractivity contribution is 0.794. The van der Waals surface area contributed by atoms with Gasteiger partial charge in [0.05, 0.1) is 22.2 Å². The molecule has 4 aliphatic rings. The van der Waals surface area contributed by atoms with Crippen LogP contribution in [0.15, 0.2) is 425 Å². The number of rotatable bonds is 8. The maximum absolute atomic E-state index is 5.24. The summed E-state index contributed by atoms with van der Waals surface area (Å²) in [4.78, 5) is 10.4. The third kappa shape index (κ3) is 9.68. The van der Waals surface area contributed by atoms with E-state index in [1.807, 2.05) is 0 Å². The Morgan fingerprint density at radius 2 is 0.368 bits per heavy atom. The zero-order valence-corrected chi connectivity index (χ0v) is 62.3. The van der Waals surface area contributed by atoms with Crippen LogP contribution in [0.4, 0.5) is 0 Å². The molecule has 0 fully saturated rings. The van der Waals surface area contributed by atoms with E-state index >= 15 is 0 Å². The van der Waals surface area contributed by atoms with Crippen LogP contribution in [0.1, 0.15) is 44.5 Å². The Hall–Kier alpha value is -14.7. The minimum absolute atomic E-state index is 0.340. The number of benzene rings is 18. The summed E-state index contributed by atoms with van der Waals surface area (Å²) >= 11 is 0. The molecule has 0 N–H and O–H groups in total. The van der Waals surface area contributed by atoms with E-state index < -0.39 is 0 Å². The van der Waals surface area contributed by atoms with Crippen LogP contribution in [-0.4, -0.2) is 9.97 Å². The fraction of sp³-hybridized carbons (Fsp3) is 0.0179. The molecule has 0 unspecified atom stereocenters. The van der Waals surface area contributed by atoms with Crippen LogP contribution in [0.2, 0.25) is 0 Å². The van der Waals surface area contributed by atoms with Crippen LogP contribution in [-0.2, 0) is 10.8 Å². The van der Waals surface area contributed by atoms with Gasteiger partial charge in [0, 0.05) is 34.6 Å². The lowest BCUT2D eigenvalue weighted by atomic mass is 9.70. The Bertz CT molecular complexity index is 7080. The maximum atomic E-state index is 5.24. The van der Waals surface area contributed by atoms with E-state index in [-0.39, 0.29) is 10.8 Å². The van der Waals surface area contributed by atoms with Crippen molar-refractivity contribution >= 4 is 43.1 Å². The van der Waals surface area contributed by atoms with Crippen molar-refractivity contribution in [3.63, 3.8) is 0 Å². The van der Waals surface area contributed by atoms with Crippen molar-refractivity contribution in [2.75, 3.05) is 0 Å². The SMILES string of the molecule is c1ccc(-c2ccc(-c3c4ccccc4c(-c4ccc(-c5ccc6c(c5)-c5ccccc5C65c6ccccc6-c6ccccc65)nc4)c4ccccc34)cc2)cc1.c1ccc(-c2ccc(-c3c4ccccc4c(-c4ccc(-c5ccc6c(c5)C5(c7ccccc7-c7ccccc75)c5ccccc5-6)nc4)c4ccccc34)cc2)cc1. The molecule has 0 saturated heterocycles. The quantitative estimate of drug-likeness (QED) is 0.142. The molecule has 0 aliphatic heterocycles. The molecule has 2 heterocycles. The monoisotopic (exact) mass is 1440 g/mol. The smallest absolute Gasteiger partial charge is 0.0725 e. The van der Waals surface area contributed by atoms with E-state index in [2.05, 4.69) is 425 Å². The van der Waals surface area contributed by atoms with Crippen molar-refractivity contribution in [1.82, 2.24) is 9.97 Å². The number of fused-ring (bicyclic) bond motifs is 24. The third-order valence-corrected chi connectivity index (χ3v) is 25.1. The summed E-state index contributed by atoms with van der Waals surface area (Å²) in [5, 5.41) is 9.86. The zero-order chi connectivity index (χ0) is 75.0. The highest BCUT2D eigenvalue weighted by atomic mass is 14.7.